The van der Waals surface area contributed by atoms with Crippen LogP contribution in [0.1, 0.15) is 42.1 Å². The average molecular weight is 343 g/mol. The van der Waals surface area contributed by atoms with Crippen molar-refractivity contribution >= 4 is 5.91 Å². The third-order valence-electron chi connectivity index (χ3n) is 5.48. The number of carbonyl (C=O) groups excluding carboxylic acids is 1. The number of aromatic nitrogens is 3. The lowest BCUT2D eigenvalue weighted by Crippen LogP contribution is -2.48. The average Bonchev–Trinajstić information content (AvgIpc) is 3.05. The summed E-state index contributed by atoms with van der Waals surface area (Å²) in [6, 6.07) is 7.28. The molecule has 2 saturated heterocycles. The van der Waals surface area contributed by atoms with Crippen molar-refractivity contribution in [3.63, 3.8) is 0 Å². The Morgan fingerprint density at radius 1 is 1.20 bits per heavy atom. The van der Waals surface area contributed by atoms with E-state index < -0.39 is 0 Å². The van der Waals surface area contributed by atoms with Crippen LogP contribution in [-0.4, -0.2) is 50.7 Å². The quantitative estimate of drug-likeness (QED) is 0.927. The van der Waals surface area contributed by atoms with Crippen molar-refractivity contribution in [2.75, 3.05) is 7.05 Å². The predicted octanol–water partition coefficient (Wildman–Crippen LogP) is 2.07. The van der Waals surface area contributed by atoms with Gasteiger partial charge in [-0.25, -0.2) is 14.1 Å². The molecule has 0 radical (unpaired) electrons. The molecule has 25 heavy (non-hydrogen) atoms. The smallest absolute Gasteiger partial charge is 0.291 e. The van der Waals surface area contributed by atoms with Gasteiger partial charge in [0.05, 0.1) is 5.69 Å². The van der Waals surface area contributed by atoms with Gasteiger partial charge in [0.25, 0.3) is 5.91 Å². The fraction of sp³-hybridized carbons (Fsp3) is 0.500. The van der Waals surface area contributed by atoms with Crippen molar-refractivity contribution in [1.29, 1.82) is 0 Å². The molecule has 132 valence electrons. The molecule has 7 heteroatoms. The molecule has 2 fully saturated rings. The van der Waals surface area contributed by atoms with Gasteiger partial charge in [0.15, 0.2) is 0 Å². The lowest BCUT2D eigenvalue weighted by Gasteiger charge is -2.36. The van der Waals surface area contributed by atoms with Crippen LogP contribution in [-0.2, 0) is 0 Å². The number of aryl methyl sites for hydroxylation is 1. The zero-order chi connectivity index (χ0) is 17.6. The molecule has 2 aromatic rings. The fourth-order valence-electron chi connectivity index (χ4n) is 4.09. The molecule has 1 N–H and O–H groups in total. The number of nitrogens with zero attached hydrogens (tertiary/aromatic N) is 4. The van der Waals surface area contributed by atoms with Crippen LogP contribution in [0.5, 0.6) is 0 Å². The van der Waals surface area contributed by atoms with Crippen LogP contribution in [0.3, 0.4) is 0 Å². The summed E-state index contributed by atoms with van der Waals surface area (Å²) in [5.41, 5.74) is 0.683. The van der Waals surface area contributed by atoms with Gasteiger partial charge in [-0.1, -0.05) is 0 Å². The van der Waals surface area contributed by atoms with Crippen LogP contribution in [0.2, 0.25) is 0 Å². The summed E-state index contributed by atoms with van der Waals surface area (Å²) in [4.78, 5) is 19.3. The van der Waals surface area contributed by atoms with Gasteiger partial charge in [0.1, 0.15) is 11.6 Å². The first kappa shape index (κ1) is 16.2. The number of piperidine rings is 1. The van der Waals surface area contributed by atoms with Gasteiger partial charge in [0, 0.05) is 18.1 Å². The SMILES string of the molecule is Cc1nc(C(=O)NC2CC3CCC(C2)N3C)nn1-c1ccc(F)cc1. The number of hydrogen-bond acceptors (Lipinski definition) is 4. The second kappa shape index (κ2) is 6.22. The van der Waals surface area contributed by atoms with Gasteiger partial charge in [-0.15, -0.1) is 5.10 Å². The Hall–Kier alpha value is -2.28. The molecule has 4 rings (SSSR count). The molecule has 1 amide bonds. The number of benzene rings is 1. The molecule has 2 aliphatic heterocycles. The molecule has 2 atom stereocenters. The van der Waals surface area contributed by atoms with Crippen molar-refractivity contribution < 1.29 is 9.18 Å². The van der Waals surface area contributed by atoms with Crippen molar-refractivity contribution in [1.82, 2.24) is 25.0 Å². The minimum absolute atomic E-state index is 0.160. The first-order valence-electron chi connectivity index (χ1n) is 8.73. The number of fused-ring (bicyclic) bond motifs is 2. The summed E-state index contributed by atoms with van der Waals surface area (Å²) >= 11 is 0. The highest BCUT2D eigenvalue weighted by Gasteiger charge is 2.39. The minimum atomic E-state index is -0.309. The van der Waals surface area contributed by atoms with Gasteiger partial charge >= 0.3 is 0 Å². The summed E-state index contributed by atoms with van der Waals surface area (Å²) in [7, 11) is 2.18. The Balaban J connectivity index is 1.48. The highest BCUT2D eigenvalue weighted by Crippen LogP contribution is 2.34. The van der Waals surface area contributed by atoms with E-state index >= 15 is 0 Å². The lowest BCUT2D eigenvalue weighted by molar-refractivity contribution is 0.0872. The van der Waals surface area contributed by atoms with Crippen molar-refractivity contribution in [2.45, 2.75) is 50.7 Å². The first-order chi connectivity index (χ1) is 12.0. The molecule has 2 aliphatic rings. The Morgan fingerprint density at radius 2 is 1.84 bits per heavy atom. The van der Waals surface area contributed by atoms with E-state index in [1.54, 1.807) is 23.7 Å². The van der Waals surface area contributed by atoms with E-state index in [2.05, 4.69) is 27.3 Å². The van der Waals surface area contributed by atoms with E-state index in [1.807, 2.05) is 0 Å². The zero-order valence-corrected chi connectivity index (χ0v) is 14.4. The Kier molecular flexibility index (Phi) is 4.03. The summed E-state index contributed by atoms with van der Waals surface area (Å²) in [5.74, 6) is 0.211. The molecule has 0 spiro atoms. The van der Waals surface area contributed by atoms with Crippen molar-refractivity contribution in [3.8, 4) is 5.69 Å². The number of halogens is 1. The molecular formula is C18H22FN5O. The van der Waals surface area contributed by atoms with Gasteiger partial charge in [-0.05, 0) is 63.9 Å². The second-order valence-electron chi connectivity index (χ2n) is 7.06. The van der Waals surface area contributed by atoms with Crippen LogP contribution < -0.4 is 5.32 Å². The van der Waals surface area contributed by atoms with E-state index in [0.717, 1.165) is 12.8 Å². The van der Waals surface area contributed by atoms with Gasteiger partial charge in [-0.2, -0.15) is 0 Å². The Bertz CT molecular complexity index is 773. The van der Waals surface area contributed by atoms with E-state index in [4.69, 9.17) is 0 Å². The fourth-order valence-corrected chi connectivity index (χ4v) is 4.09. The summed E-state index contributed by atoms with van der Waals surface area (Å²) in [6.07, 6.45) is 4.39. The van der Waals surface area contributed by atoms with Gasteiger partial charge in [-0.3, -0.25) is 4.79 Å². The van der Waals surface area contributed by atoms with Gasteiger partial charge in [0.2, 0.25) is 5.82 Å². The Labute approximate surface area is 146 Å². The van der Waals surface area contributed by atoms with E-state index in [9.17, 15) is 9.18 Å². The summed E-state index contributed by atoms with van der Waals surface area (Å²) < 4.78 is 14.6. The lowest BCUT2D eigenvalue weighted by atomic mass is 9.98. The standard InChI is InChI=1S/C18H22FN5O/c1-11-20-17(22-24(11)14-5-3-12(19)4-6-14)18(25)21-13-9-15-7-8-16(10-13)23(15)2/h3-6,13,15-16H,7-10H2,1-2H3,(H,21,25). The molecule has 2 bridgehead atoms. The number of nitrogens with one attached hydrogen (secondary N) is 1. The largest absolute Gasteiger partial charge is 0.346 e. The summed E-state index contributed by atoms with van der Waals surface area (Å²) in [5, 5.41) is 7.40. The molecule has 0 saturated carbocycles. The topological polar surface area (TPSA) is 63.1 Å². The zero-order valence-electron chi connectivity index (χ0n) is 14.4. The van der Waals surface area contributed by atoms with Gasteiger partial charge < -0.3 is 10.2 Å². The predicted molar refractivity (Wildman–Crippen MR) is 91.1 cm³/mol. The van der Waals surface area contributed by atoms with Crippen molar-refractivity contribution in [2.24, 2.45) is 0 Å². The third kappa shape index (κ3) is 3.04. The van der Waals surface area contributed by atoms with Crippen LogP contribution >= 0.6 is 0 Å². The first-order valence-corrected chi connectivity index (χ1v) is 8.73. The molecule has 0 aliphatic carbocycles. The van der Waals surface area contributed by atoms with Crippen LogP contribution in [0.4, 0.5) is 4.39 Å². The number of rotatable bonds is 3. The highest BCUT2D eigenvalue weighted by molar-refractivity contribution is 5.90. The molecule has 1 aromatic heterocycles. The molecule has 2 unspecified atom stereocenters. The second-order valence-corrected chi connectivity index (χ2v) is 7.06. The van der Waals surface area contributed by atoms with Crippen LogP contribution in [0, 0.1) is 12.7 Å². The third-order valence-corrected chi connectivity index (χ3v) is 5.48. The maximum absolute atomic E-state index is 13.1. The molecular weight excluding hydrogens is 321 g/mol. The molecule has 3 heterocycles. The number of carbonyl (C=O) groups is 1. The summed E-state index contributed by atoms with van der Waals surface area (Å²) in [6.45, 7) is 1.78. The number of hydrogen-bond donors (Lipinski definition) is 1. The van der Waals surface area contributed by atoms with E-state index in [1.165, 1.54) is 25.0 Å². The van der Waals surface area contributed by atoms with E-state index in [0.29, 0.717) is 23.6 Å². The molecule has 6 nitrogen and oxygen atoms in total. The maximum atomic E-state index is 13.1. The minimum Gasteiger partial charge on any atom is -0.346 e. The molecule has 1 aromatic carbocycles. The normalized spacial score (nSPS) is 26.0. The maximum Gasteiger partial charge on any atom is 0.291 e. The van der Waals surface area contributed by atoms with Crippen LogP contribution in [0.15, 0.2) is 24.3 Å². The van der Waals surface area contributed by atoms with E-state index in [-0.39, 0.29) is 23.6 Å². The van der Waals surface area contributed by atoms with Crippen molar-refractivity contribution in [3.05, 3.63) is 41.7 Å². The van der Waals surface area contributed by atoms with Crippen LogP contribution in [0.25, 0.3) is 5.69 Å². The highest BCUT2D eigenvalue weighted by atomic mass is 19.1. The monoisotopic (exact) mass is 343 g/mol. The Morgan fingerprint density at radius 3 is 2.48 bits per heavy atom. The number of amides is 1.